The summed E-state index contributed by atoms with van der Waals surface area (Å²) >= 11 is 0. The number of carbonyl (C=O) groups is 2. The summed E-state index contributed by atoms with van der Waals surface area (Å²) in [4.78, 5) is 25.4. The SMILES string of the molecule is CC(CN(Cc1ccccc1)C(=O)c1ccc(C#N)cc1)C(=O)O. The fourth-order valence-electron chi connectivity index (χ4n) is 2.30. The van der Waals surface area contributed by atoms with Crippen molar-refractivity contribution < 1.29 is 14.7 Å². The number of nitriles is 1. The summed E-state index contributed by atoms with van der Waals surface area (Å²) in [5, 5.41) is 18.0. The Bertz CT molecular complexity index is 748. The van der Waals surface area contributed by atoms with Gasteiger partial charge in [0.05, 0.1) is 17.6 Å². The number of carbonyl (C=O) groups excluding carboxylic acids is 1. The molecule has 2 rings (SSSR count). The van der Waals surface area contributed by atoms with Gasteiger partial charge in [0.1, 0.15) is 0 Å². The average Bonchev–Trinajstić information content (AvgIpc) is 2.61. The lowest BCUT2D eigenvalue weighted by atomic mass is 10.1. The van der Waals surface area contributed by atoms with Crippen LogP contribution >= 0.6 is 0 Å². The molecule has 1 atom stereocenters. The van der Waals surface area contributed by atoms with E-state index >= 15 is 0 Å². The van der Waals surface area contributed by atoms with Crippen molar-refractivity contribution in [1.29, 1.82) is 5.26 Å². The Morgan fingerprint density at radius 3 is 2.29 bits per heavy atom. The van der Waals surface area contributed by atoms with Gasteiger partial charge in [0, 0.05) is 18.7 Å². The number of hydrogen-bond donors (Lipinski definition) is 1. The zero-order valence-corrected chi connectivity index (χ0v) is 13.3. The molecule has 2 aromatic rings. The van der Waals surface area contributed by atoms with Gasteiger partial charge in [0.15, 0.2) is 0 Å². The summed E-state index contributed by atoms with van der Waals surface area (Å²) in [6.07, 6.45) is 0. The molecular weight excluding hydrogens is 304 g/mol. The first-order valence-corrected chi connectivity index (χ1v) is 7.57. The summed E-state index contributed by atoms with van der Waals surface area (Å²) in [5.41, 5.74) is 1.83. The summed E-state index contributed by atoms with van der Waals surface area (Å²) < 4.78 is 0. The Balaban J connectivity index is 2.24. The van der Waals surface area contributed by atoms with E-state index in [2.05, 4.69) is 0 Å². The highest BCUT2D eigenvalue weighted by atomic mass is 16.4. The van der Waals surface area contributed by atoms with Crippen LogP contribution in [0.4, 0.5) is 0 Å². The van der Waals surface area contributed by atoms with Crippen molar-refractivity contribution in [3.8, 4) is 6.07 Å². The number of amides is 1. The van der Waals surface area contributed by atoms with Gasteiger partial charge in [0.25, 0.3) is 5.91 Å². The highest BCUT2D eigenvalue weighted by Gasteiger charge is 2.22. The second-order valence-electron chi connectivity index (χ2n) is 5.60. The topological polar surface area (TPSA) is 81.4 Å². The predicted octanol–water partition coefficient (Wildman–Crippen LogP) is 2.92. The van der Waals surface area contributed by atoms with E-state index in [0.717, 1.165) is 5.56 Å². The summed E-state index contributed by atoms with van der Waals surface area (Å²) in [6, 6.07) is 17.8. The maximum atomic E-state index is 12.8. The van der Waals surface area contributed by atoms with E-state index in [9.17, 15) is 9.59 Å². The Morgan fingerprint density at radius 1 is 1.12 bits per heavy atom. The van der Waals surface area contributed by atoms with Gasteiger partial charge in [-0.15, -0.1) is 0 Å². The van der Waals surface area contributed by atoms with Crippen LogP contribution in [0, 0.1) is 17.2 Å². The Hall–Kier alpha value is -3.13. The van der Waals surface area contributed by atoms with E-state index in [-0.39, 0.29) is 12.5 Å². The van der Waals surface area contributed by atoms with Crippen LogP contribution in [0.5, 0.6) is 0 Å². The molecule has 0 radical (unpaired) electrons. The van der Waals surface area contributed by atoms with Crippen molar-refractivity contribution in [3.63, 3.8) is 0 Å². The van der Waals surface area contributed by atoms with Crippen LogP contribution < -0.4 is 0 Å². The molecular formula is C19H18N2O3. The van der Waals surface area contributed by atoms with E-state index in [1.54, 1.807) is 31.2 Å². The molecule has 0 aliphatic rings. The molecule has 0 heterocycles. The number of benzene rings is 2. The van der Waals surface area contributed by atoms with Gasteiger partial charge in [-0.25, -0.2) is 0 Å². The number of hydrogen-bond acceptors (Lipinski definition) is 3. The Kier molecular flexibility index (Phi) is 5.69. The molecule has 0 bridgehead atoms. The van der Waals surface area contributed by atoms with Crippen molar-refractivity contribution >= 4 is 11.9 Å². The first-order chi connectivity index (χ1) is 11.5. The smallest absolute Gasteiger partial charge is 0.308 e. The Morgan fingerprint density at radius 2 is 1.75 bits per heavy atom. The van der Waals surface area contributed by atoms with Gasteiger partial charge < -0.3 is 10.0 Å². The zero-order chi connectivity index (χ0) is 17.5. The normalized spacial score (nSPS) is 11.3. The van der Waals surface area contributed by atoms with Crippen LogP contribution in [0.25, 0.3) is 0 Å². The number of carboxylic acids is 1. The van der Waals surface area contributed by atoms with Gasteiger partial charge in [-0.05, 0) is 29.8 Å². The van der Waals surface area contributed by atoms with E-state index in [4.69, 9.17) is 10.4 Å². The quantitative estimate of drug-likeness (QED) is 0.886. The summed E-state index contributed by atoms with van der Waals surface area (Å²) in [5.74, 6) is -1.87. The van der Waals surface area contributed by atoms with Gasteiger partial charge in [-0.2, -0.15) is 5.26 Å². The third kappa shape index (κ3) is 4.43. The van der Waals surface area contributed by atoms with Crippen molar-refractivity contribution in [3.05, 3.63) is 71.3 Å². The lowest BCUT2D eigenvalue weighted by molar-refractivity contribution is -0.141. The molecule has 1 N–H and O–H groups in total. The lowest BCUT2D eigenvalue weighted by Gasteiger charge is -2.25. The number of rotatable bonds is 6. The largest absolute Gasteiger partial charge is 0.481 e. The fourth-order valence-corrected chi connectivity index (χ4v) is 2.30. The molecule has 5 heteroatoms. The van der Waals surface area contributed by atoms with Gasteiger partial charge in [-0.3, -0.25) is 9.59 Å². The first-order valence-electron chi connectivity index (χ1n) is 7.57. The molecule has 0 aliphatic carbocycles. The molecule has 5 nitrogen and oxygen atoms in total. The monoisotopic (exact) mass is 322 g/mol. The summed E-state index contributed by atoms with van der Waals surface area (Å²) in [7, 11) is 0. The highest BCUT2D eigenvalue weighted by Crippen LogP contribution is 2.13. The Labute approximate surface area is 140 Å². The average molecular weight is 322 g/mol. The van der Waals surface area contributed by atoms with Crippen LogP contribution in [-0.4, -0.2) is 28.4 Å². The molecule has 0 spiro atoms. The molecule has 122 valence electrons. The second-order valence-corrected chi connectivity index (χ2v) is 5.60. The van der Waals surface area contributed by atoms with E-state index in [1.807, 2.05) is 36.4 Å². The molecule has 1 amide bonds. The van der Waals surface area contributed by atoms with Crippen LogP contribution in [0.2, 0.25) is 0 Å². The van der Waals surface area contributed by atoms with Crippen molar-refractivity contribution in [2.45, 2.75) is 13.5 Å². The van der Waals surface area contributed by atoms with Crippen LogP contribution in [-0.2, 0) is 11.3 Å². The minimum atomic E-state index is -0.944. The maximum absolute atomic E-state index is 12.8. The van der Waals surface area contributed by atoms with Gasteiger partial charge in [-0.1, -0.05) is 37.3 Å². The molecule has 1 unspecified atom stereocenters. The van der Waals surface area contributed by atoms with E-state index in [1.165, 1.54) is 4.90 Å². The van der Waals surface area contributed by atoms with Crippen LogP contribution in [0.1, 0.15) is 28.4 Å². The number of nitrogens with zero attached hydrogens (tertiary/aromatic N) is 2. The maximum Gasteiger partial charge on any atom is 0.308 e. The van der Waals surface area contributed by atoms with Crippen LogP contribution in [0.15, 0.2) is 54.6 Å². The van der Waals surface area contributed by atoms with E-state index < -0.39 is 11.9 Å². The molecule has 0 aromatic heterocycles. The fraction of sp³-hybridized carbons (Fsp3) is 0.211. The van der Waals surface area contributed by atoms with Gasteiger partial charge in [0.2, 0.25) is 0 Å². The summed E-state index contributed by atoms with van der Waals surface area (Å²) in [6.45, 7) is 2.02. The molecule has 0 fully saturated rings. The molecule has 0 saturated heterocycles. The lowest BCUT2D eigenvalue weighted by Crippen LogP contribution is -2.36. The van der Waals surface area contributed by atoms with Crippen molar-refractivity contribution in [2.75, 3.05) is 6.54 Å². The van der Waals surface area contributed by atoms with Gasteiger partial charge >= 0.3 is 5.97 Å². The minimum absolute atomic E-state index is 0.114. The number of carboxylic acid groups (broad SMARTS) is 1. The first kappa shape index (κ1) is 17.2. The third-order valence-corrected chi connectivity index (χ3v) is 3.68. The highest BCUT2D eigenvalue weighted by molar-refractivity contribution is 5.94. The molecule has 0 saturated carbocycles. The molecule has 2 aromatic carbocycles. The van der Waals surface area contributed by atoms with Crippen molar-refractivity contribution in [2.24, 2.45) is 5.92 Å². The molecule has 0 aliphatic heterocycles. The minimum Gasteiger partial charge on any atom is -0.481 e. The predicted molar refractivity (Wildman–Crippen MR) is 89.1 cm³/mol. The second kappa shape index (κ2) is 7.93. The standard InChI is InChI=1S/C19H18N2O3/c1-14(19(23)24)12-21(13-16-5-3-2-4-6-16)18(22)17-9-7-15(11-20)8-10-17/h2-10,14H,12-13H2,1H3,(H,23,24). The third-order valence-electron chi connectivity index (χ3n) is 3.68. The zero-order valence-electron chi connectivity index (χ0n) is 13.3. The van der Waals surface area contributed by atoms with E-state index in [0.29, 0.717) is 17.7 Å². The molecule has 24 heavy (non-hydrogen) atoms. The van der Waals surface area contributed by atoms with Crippen LogP contribution in [0.3, 0.4) is 0 Å². The number of aliphatic carboxylic acids is 1. The van der Waals surface area contributed by atoms with Crippen molar-refractivity contribution in [1.82, 2.24) is 4.90 Å².